The molecule has 1 heterocycles. The fourth-order valence-electron chi connectivity index (χ4n) is 2.30. The van der Waals surface area contributed by atoms with Crippen molar-refractivity contribution < 1.29 is 22.3 Å². The molecule has 0 radical (unpaired) electrons. The van der Waals surface area contributed by atoms with E-state index in [1.165, 1.54) is 24.3 Å². The Kier molecular flexibility index (Phi) is 4.29. The van der Waals surface area contributed by atoms with E-state index in [2.05, 4.69) is 0 Å². The molecule has 0 spiro atoms. The van der Waals surface area contributed by atoms with Crippen LogP contribution in [0.4, 0.5) is 23.2 Å². The molecule has 0 saturated carbocycles. The maximum atomic E-state index is 13.1. The van der Waals surface area contributed by atoms with Crippen LogP contribution in [-0.2, 0) is 6.18 Å². The summed E-state index contributed by atoms with van der Waals surface area (Å²) < 4.78 is 57.1. The molecule has 24 heavy (non-hydrogen) atoms. The quantitative estimate of drug-likeness (QED) is 0.720. The molecule has 2 nitrogen and oxygen atoms in total. The lowest BCUT2D eigenvalue weighted by Crippen LogP contribution is -2.27. The Hall–Kier alpha value is -2.76. The van der Waals surface area contributed by atoms with Crippen molar-refractivity contribution in [3.63, 3.8) is 0 Å². The Morgan fingerprint density at radius 3 is 2.46 bits per heavy atom. The van der Waals surface area contributed by atoms with Gasteiger partial charge >= 0.3 is 6.18 Å². The maximum absolute atomic E-state index is 13.1. The van der Waals surface area contributed by atoms with Gasteiger partial charge in [0.2, 0.25) is 5.88 Å². The van der Waals surface area contributed by atoms with Gasteiger partial charge in [-0.3, -0.25) is 0 Å². The SMILES string of the molecule is Fc1ccc(N2CC=CC=C2Oc2cccc(C(F)(F)F)c2)cc1. The van der Waals surface area contributed by atoms with Crippen molar-refractivity contribution in [3.8, 4) is 5.75 Å². The third-order valence-electron chi connectivity index (χ3n) is 3.45. The third-order valence-corrected chi connectivity index (χ3v) is 3.45. The van der Waals surface area contributed by atoms with Gasteiger partial charge in [-0.25, -0.2) is 4.39 Å². The van der Waals surface area contributed by atoms with Gasteiger partial charge in [0, 0.05) is 12.2 Å². The minimum atomic E-state index is -4.43. The summed E-state index contributed by atoms with van der Waals surface area (Å²) in [4.78, 5) is 1.74. The highest BCUT2D eigenvalue weighted by atomic mass is 19.4. The number of hydrogen-bond acceptors (Lipinski definition) is 2. The molecule has 0 atom stereocenters. The van der Waals surface area contributed by atoms with Crippen LogP contribution in [0.1, 0.15) is 5.56 Å². The zero-order chi connectivity index (χ0) is 17.2. The van der Waals surface area contributed by atoms with Gasteiger partial charge in [-0.1, -0.05) is 18.2 Å². The second-order valence-corrected chi connectivity index (χ2v) is 5.15. The number of hydrogen-bond donors (Lipinski definition) is 0. The zero-order valence-corrected chi connectivity index (χ0v) is 12.4. The number of alkyl halides is 3. The van der Waals surface area contributed by atoms with E-state index < -0.39 is 11.7 Å². The van der Waals surface area contributed by atoms with Gasteiger partial charge in [0.15, 0.2) is 0 Å². The van der Waals surface area contributed by atoms with Crippen LogP contribution in [0.5, 0.6) is 5.75 Å². The molecular formula is C18H13F4NO. The minimum Gasteiger partial charge on any atom is -0.441 e. The molecule has 0 fully saturated rings. The molecule has 2 aromatic rings. The maximum Gasteiger partial charge on any atom is 0.416 e. The van der Waals surface area contributed by atoms with E-state index in [9.17, 15) is 17.6 Å². The summed E-state index contributed by atoms with van der Waals surface area (Å²) in [6, 6.07) is 10.5. The van der Waals surface area contributed by atoms with Gasteiger partial charge in [-0.05, 0) is 48.5 Å². The van der Waals surface area contributed by atoms with E-state index in [1.807, 2.05) is 6.08 Å². The summed E-state index contributed by atoms with van der Waals surface area (Å²) in [6.07, 6.45) is 0.829. The van der Waals surface area contributed by atoms with E-state index >= 15 is 0 Å². The molecule has 3 rings (SSSR count). The molecule has 6 heteroatoms. The average Bonchev–Trinajstić information content (AvgIpc) is 2.56. The van der Waals surface area contributed by atoms with Gasteiger partial charge in [0.05, 0.1) is 5.56 Å². The first-order chi connectivity index (χ1) is 11.4. The predicted octanol–water partition coefficient (Wildman–Crippen LogP) is 5.14. The molecule has 1 aliphatic heterocycles. The number of halogens is 4. The standard InChI is InChI=1S/C18H13F4NO/c19-14-7-9-15(10-8-14)23-11-2-1-6-17(23)24-16-5-3-4-13(12-16)18(20,21)22/h1-10,12H,11H2. The van der Waals surface area contributed by atoms with Crippen molar-refractivity contribution >= 4 is 5.69 Å². The Morgan fingerprint density at radius 2 is 1.75 bits per heavy atom. The summed E-state index contributed by atoms with van der Waals surface area (Å²) in [5.74, 6) is 0.0811. The Balaban J connectivity index is 1.86. The lowest BCUT2D eigenvalue weighted by atomic mass is 10.2. The number of anilines is 1. The van der Waals surface area contributed by atoms with Crippen LogP contribution >= 0.6 is 0 Å². The van der Waals surface area contributed by atoms with Crippen LogP contribution in [0, 0.1) is 5.82 Å². The van der Waals surface area contributed by atoms with Gasteiger partial charge in [-0.2, -0.15) is 13.2 Å². The summed E-state index contributed by atoms with van der Waals surface area (Å²) in [7, 11) is 0. The van der Waals surface area contributed by atoms with Gasteiger partial charge in [-0.15, -0.1) is 0 Å². The van der Waals surface area contributed by atoms with E-state index in [4.69, 9.17) is 4.74 Å². The van der Waals surface area contributed by atoms with Crippen LogP contribution in [0.3, 0.4) is 0 Å². The second kappa shape index (κ2) is 6.39. The van der Waals surface area contributed by atoms with Crippen LogP contribution in [-0.4, -0.2) is 6.54 Å². The fourth-order valence-corrected chi connectivity index (χ4v) is 2.30. The van der Waals surface area contributed by atoms with Crippen LogP contribution in [0.25, 0.3) is 0 Å². The Bertz CT molecular complexity index is 778. The van der Waals surface area contributed by atoms with E-state index in [-0.39, 0.29) is 11.6 Å². The molecule has 0 aromatic heterocycles. The van der Waals surface area contributed by atoms with Crippen LogP contribution in [0.15, 0.2) is 72.6 Å². The van der Waals surface area contributed by atoms with Gasteiger partial charge in [0.25, 0.3) is 0 Å². The molecule has 0 aliphatic carbocycles. The van der Waals surface area contributed by atoms with Crippen molar-refractivity contribution in [2.24, 2.45) is 0 Å². The predicted molar refractivity (Wildman–Crippen MR) is 83.0 cm³/mol. The third kappa shape index (κ3) is 3.59. The lowest BCUT2D eigenvalue weighted by molar-refractivity contribution is -0.137. The summed E-state index contributed by atoms with van der Waals surface area (Å²) >= 11 is 0. The largest absolute Gasteiger partial charge is 0.441 e. The molecule has 1 aliphatic rings. The van der Waals surface area contributed by atoms with E-state index in [1.54, 1.807) is 29.2 Å². The van der Waals surface area contributed by atoms with E-state index in [0.717, 1.165) is 12.1 Å². The van der Waals surface area contributed by atoms with Gasteiger partial charge in [0.1, 0.15) is 11.6 Å². The number of nitrogens with zero attached hydrogens (tertiary/aromatic N) is 1. The highest BCUT2D eigenvalue weighted by Gasteiger charge is 2.30. The topological polar surface area (TPSA) is 12.5 Å². The van der Waals surface area contributed by atoms with Crippen molar-refractivity contribution in [1.82, 2.24) is 0 Å². The fraction of sp³-hybridized carbons (Fsp3) is 0.111. The average molecular weight is 335 g/mol. The summed E-state index contributed by atoms with van der Waals surface area (Å²) in [5.41, 5.74) is -0.0979. The molecule has 0 unspecified atom stereocenters. The number of benzene rings is 2. The molecule has 2 aromatic carbocycles. The first kappa shape index (κ1) is 16.1. The highest BCUT2D eigenvalue weighted by Crippen LogP contribution is 2.32. The normalized spacial score (nSPS) is 14.5. The molecule has 0 N–H and O–H groups in total. The second-order valence-electron chi connectivity index (χ2n) is 5.15. The minimum absolute atomic E-state index is 0.0819. The molecule has 124 valence electrons. The first-order valence-corrected chi connectivity index (χ1v) is 7.18. The summed E-state index contributed by atoms with van der Waals surface area (Å²) in [6.45, 7) is 0.469. The highest BCUT2D eigenvalue weighted by molar-refractivity contribution is 5.54. The van der Waals surface area contributed by atoms with Crippen molar-refractivity contribution in [2.45, 2.75) is 6.18 Å². The molecular weight excluding hydrogens is 322 g/mol. The molecule has 0 saturated heterocycles. The number of allylic oxidation sites excluding steroid dienone is 2. The lowest BCUT2D eigenvalue weighted by Gasteiger charge is -2.27. The monoisotopic (exact) mass is 335 g/mol. The molecule has 0 bridgehead atoms. The Labute approximate surface area is 136 Å². The summed E-state index contributed by atoms with van der Waals surface area (Å²) in [5, 5.41) is 0. The van der Waals surface area contributed by atoms with Crippen LogP contribution in [0.2, 0.25) is 0 Å². The first-order valence-electron chi connectivity index (χ1n) is 7.18. The van der Waals surface area contributed by atoms with Gasteiger partial charge < -0.3 is 9.64 Å². The Morgan fingerprint density at radius 1 is 1.00 bits per heavy atom. The van der Waals surface area contributed by atoms with Crippen LogP contribution < -0.4 is 9.64 Å². The number of ether oxygens (including phenoxy) is 1. The van der Waals surface area contributed by atoms with E-state index in [0.29, 0.717) is 18.1 Å². The molecule has 0 amide bonds. The smallest absolute Gasteiger partial charge is 0.416 e. The zero-order valence-electron chi connectivity index (χ0n) is 12.4. The van der Waals surface area contributed by atoms with Crippen molar-refractivity contribution in [2.75, 3.05) is 11.4 Å². The van der Waals surface area contributed by atoms with Crippen molar-refractivity contribution in [1.29, 1.82) is 0 Å². The van der Waals surface area contributed by atoms with Crippen molar-refractivity contribution in [3.05, 3.63) is 84.0 Å². The number of rotatable bonds is 3.